The van der Waals surface area contributed by atoms with Crippen LogP contribution in [0.25, 0.3) is 10.1 Å². The number of fused-ring (bicyclic) bond motifs is 1. The lowest BCUT2D eigenvalue weighted by Gasteiger charge is -2.24. The van der Waals surface area contributed by atoms with E-state index in [2.05, 4.69) is 0 Å². The van der Waals surface area contributed by atoms with Crippen LogP contribution in [0.4, 0.5) is 4.39 Å². The summed E-state index contributed by atoms with van der Waals surface area (Å²) in [7, 11) is -8.94. The quantitative estimate of drug-likeness (QED) is 0.238. The van der Waals surface area contributed by atoms with Crippen molar-refractivity contribution in [1.29, 1.82) is 5.26 Å². The number of aromatic nitrogens is 1. The van der Waals surface area contributed by atoms with Crippen LogP contribution in [-0.2, 0) is 21.1 Å². The maximum atomic E-state index is 13.7. The van der Waals surface area contributed by atoms with Crippen molar-refractivity contribution in [1.82, 2.24) is 4.72 Å². The van der Waals surface area contributed by atoms with E-state index in [9.17, 15) is 22.3 Å². The van der Waals surface area contributed by atoms with Crippen molar-refractivity contribution in [2.24, 2.45) is 0 Å². The Morgan fingerprint density at radius 1 is 1.11 bits per heavy atom. The summed E-state index contributed by atoms with van der Waals surface area (Å²) in [6, 6.07) is 16.8. The van der Waals surface area contributed by atoms with Crippen LogP contribution >= 0.6 is 18.9 Å². The average molecular weight is 548 g/mol. The summed E-state index contributed by atoms with van der Waals surface area (Å²) >= 11 is 0.971. The van der Waals surface area contributed by atoms with Crippen LogP contribution in [0.3, 0.4) is 0 Å². The third kappa shape index (κ3) is 6.46. The lowest BCUT2D eigenvalue weighted by Crippen LogP contribution is -2.35. The minimum absolute atomic E-state index is 0.0843. The Balaban J connectivity index is 1.39. The first-order chi connectivity index (χ1) is 17.1. The molecule has 36 heavy (non-hydrogen) atoms. The maximum absolute atomic E-state index is 13.7. The van der Waals surface area contributed by atoms with Crippen LogP contribution in [0.2, 0.25) is 0 Å². The number of benzene rings is 2. The molecule has 0 bridgehead atoms. The molecule has 0 saturated carbocycles. The van der Waals surface area contributed by atoms with Gasteiger partial charge in [0, 0.05) is 22.9 Å². The highest BCUT2D eigenvalue weighted by atomic mass is 32.2. The fourth-order valence-corrected chi connectivity index (χ4v) is 7.04. The zero-order valence-corrected chi connectivity index (χ0v) is 21.1. The summed E-state index contributed by atoms with van der Waals surface area (Å²) in [6.45, 7) is 1.05. The zero-order valence-electron chi connectivity index (χ0n) is 18.5. The molecule has 0 fully saturated rings. The fourth-order valence-electron chi connectivity index (χ4n) is 3.14. The number of nitrogens with zero attached hydrogens (tertiary/aromatic N) is 2. The molecule has 0 amide bonds. The zero-order chi connectivity index (χ0) is 25.8. The Morgan fingerprint density at radius 3 is 2.58 bits per heavy atom. The number of thiophene rings is 1. The van der Waals surface area contributed by atoms with Gasteiger partial charge in [0.15, 0.2) is 26.5 Å². The van der Waals surface area contributed by atoms with Gasteiger partial charge >= 0.3 is 0 Å². The van der Waals surface area contributed by atoms with Crippen molar-refractivity contribution in [3.8, 4) is 17.6 Å². The van der Waals surface area contributed by atoms with Gasteiger partial charge in [-0.25, -0.2) is 22.1 Å². The summed E-state index contributed by atoms with van der Waals surface area (Å²) in [5.41, 5.74) is -0.280. The molecule has 186 valence electrons. The number of nitriles is 1. The van der Waals surface area contributed by atoms with Gasteiger partial charge in [0.2, 0.25) is 0 Å². The van der Waals surface area contributed by atoms with Crippen LogP contribution in [0.15, 0.2) is 77.3 Å². The highest BCUT2D eigenvalue weighted by Crippen LogP contribution is 2.38. The number of hydrogen-bond donors (Lipinski definition) is 1. The molecule has 2 aromatic carbocycles. The topological polar surface area (TPSA) is 132 Å². The molecule has 4 aromatic rings. The Hall–Kier alpha value is -3.33. The van der Waals surface area contributed by atoms with Crippen LogP contribution in [-0.4, -0.2) is 21.3 Å². The first kappa shape index (κ1) is 25.8. The maximum Gasteiger partial charge on any atom is 0.250 e. The smallest absolute Gasteiger partial charge is 0.250 e. The molecule has 2 heterocycles. The second-order valence-electron chi connectivity index (χ2n) is 7.49. The molecule has 0 aliphatic rings. The number of nitrogens with one attached hydrogen (secondary N) is 1. The highest BCUT2D eigenvalue weighted by Gasteiger charge is 2.21. The van der Waals surface area contributed by atoms with Gasteiger partial charge in [0.1, 0.15) is 34.2 Å². The van der Waals surface area contributed by atoms with Gasteiger partial charge in [-0.1, -0.05) is 6.07 Å². The predicted octanol–water partition coefficient (Wildman–Crippen LogP) is 3.15. The van der Waals surface area contributed by atoms with Crippen LogP contribution in [0.1, 0.15) is 5.56 Å². The van der Waals surface area contributed by atoms with E-state index in [0.717, 1.165) is 29.5 Å². The molecule has 1 unspecified atom stereocenters. The standard InChI is InChI=1S/C23H19FN3O6PS2/c24-21-14-20(5-4-17(21)15-25)33-34(28,29)16-26-36(30,31)23-13-18-12-19(6-7-22(18)35-23)32-11-10-27-8-2-1-3-9-27/h1-9,12-14,26H,10-11,16H2. The normalized spacial score (nSPS) is 13.1. The van der Waals surface area contributed by atoms with E-state index in [1.807, 2.05) is 39.9 Å². The largest absolute Gasteiger partial charge is 0.768 e. The first-order valence-electron chi connectivity index (χ1n) is 10.4. The Morgan fingerprint density at radius 2 is 1.86 bits per heavy atom. The van der Waals surface area contributed by atoms with Gasteiger partial charge in [-0.05, 0) is 41.8 Å². The summed E-state index contributed by atoms with van der Waals surface area (Å²) in [5, 5.41) is 9.37. The number of pyridine rings is 1. The predicted molar refractivity (Wildman–Crippen MR) is 128 cm³/mol. The van der Waals surface area contributed by atoms with E-state index < -0.39 is 29.7 Å². The van der Waals surface area contributed by atoms with Crippen molar-refractivity contribution in [3.05, 3.63) is 84.4 Å². The molecule has 0 aliphatic heterocycles. The van der Waals surface area contributed by atoms with Crippen LogP contribution in [0.5, 0.6) is 11.5 Å². The molecule has 4 rings (SSSR count). The molecule has 0 radical (unpaired) electrons. The first-order valence-corrected chi connectivity index (χ1v) is 14.5. The molecule has 2 aromatic heterocycles. The van der Waals surface area contributed by atoms with Gasteiger partial charge in [0.05, 0.1) is 11.8 Å². The van der Waals surface area contributed by atoms with E-state index in [4.69, 9.17) is 14.5 Å². The van der Waals surface area contributed by atoms with Crippen molar-refractivity contribution in [2.75, 3.05) is 12.9 Å². The van der Waals surface area contributed by atoms with E-state index in [-0.39, 0.29) is 15.5 Å². The summed E-state index contributed by atoms with van der Waals surface area (Å²) in [5.74, 6) is -0.757. The minimum Gasteiger partial charge on any atom is -0.768 e. The molecule has 0 saturated heterocycles. The SMILES string of the molecule is N#Cc1ccc(OP(=O)([O-])CNS(=O)(=O)c2cc3cc(OCC[n+]4ccccc4)ccc3s2)cc1F. The molecule has 9 nitrogen and oxygen atoms in total. The van der Waals surface area contributed by atoms with Crippen LogP contribution in [0, 0.1) is 17.1 Å². The number of rotatable bonds is 10. The van der Waals surface area contributed by atoms with Crippen LogP contribution < -0.4 is 23.4 Å². The number of ether oxygens (including phenoxy) is 1. The highest BCUT2D eigenvalue weighted by molar-refractivity contribution is 7.92. The molecule has 1 N–H and O–H groups in total. The Kier molecular flexibility index (Phi) is 7.68. The Labute approximate surface area is 210 Å². The number of hydrogen-bond acceptors (Lipinski definition) is 8. The number of sulfonamides is 1. The Bertz CT molecular complexity index is 1590. The van der Waals surface area contributed by atoms with Gasteiger partial charge in [-0.3, -0.25) is 4.57 Å². The second kappa shape index (κ2) is 10.7. The summed E-state index contributed by atoms with van der Waals surface area (Å²) in [4.78, 5) is 12.2. The lowest BCUT2D eigenvalue weighted by atomic mass is 10.2. The van der Waals surface area contributed by atoms with Gasteiger partial charge in [-0.15, -0.1) is 11.3 Å². The summed E-state index contributed by atoms with van der Waals surface area (Å²) in [6.07, 6.45) is 2.80. The molecule has 13 heteroatoms. The van der Waals surface area contributed by atoms with Crippen molar-refractivity contribution in [2.45, 2.75) is 10.8 Å². The fraction of sp³-hybridized carbons (Fsp3) is 0.130. The molecule has 0 aliphatic carbocycles. The van der Waals surface area contributed by atoms with E-state index in [1.165, 1.54) is 6.07 Å². The molecule has 0 spiro atoms. The second-order valence-corrected chi connectivity index (χ2v) is 12.3. The number of halogens is 1. The lowest BCUT2D eigenvalue weighted by molar-refractivity contribution is -0.697. The van der Waals surface area contributed by atoms with Gasteiger partial charge in [0.25, 0.3) is 10.0 Å². The summed E-state index contributed by atoms with van der Waals surface area (Å²) < 4.78 is 66.4. The van der Waals surface area contributed by atoms with E-state index in [0.29, 0.717) is 29.0 Å². The van der Waals surface area contributed by atoms with Gasteiger partial charge in [-0.2, -0.15) is 5.26 Å². The van der Waals surface area contributed by atoms with Crippen molar-refractivity contribution >= 4 is 39.0 Å². The molecular weight excluding hydrogens is 528 g/mol. The molecular formula is C23H19FN3O6PS2. The van der Waals surface area contributed by atoms with Gasteiger partial charge < -0.3 is 14.2 Å². The molecule has 1 atom stereocenters. The van der Waals surface area contributed by atoms with E-state index in [1.54, 1.807) is 24.3 Å². The van der Waals surface area contributed by atoms with Crippen molar-refractivity contribution in [3.63, 3.8) is 0 Å². The average Bonchev–Trinajstić information content (AvgIpc) is 3.28. The third-order valence-corrected chi connectivity index (χ3v) is 9.12. The third-order valence-electron chi connectivity index (χ3n) is 4.88. The van der Waals surface area contributed by atoms with Crippen molar-refractivity contribution < 1.29 is 36.1 Å². The minimum atomic E-state index is -4.76. The van der Waals surface area contributed by atoms with E-state index >= 15 is 0 Å². The monoisotopic (exact) mass is 547 g/mol.